The Morgan fingerprint density at radius 2 is 1.89 bits per heavy atom. The molecule has 1 atom stereocenters. The first-order valence-corrected chi connectivity index (χ1v) is 8.63. The first-order chi connectivity index (χ1) is 8.60. The molecule has 0 N–H and O–H groups in total. The number of thiophene rings is 1. The molecule has 2 rings (SSSR count). The largest absolute Gasteiger partial charge is 0.497 e. The quantitative estimate of drug-likeness (QED) is 0.518. The van der Waals surface area contributed by atoms with Gasteiger partial charge in [-0.2, -0.15) is 0 Å². The van der Waals surface area contributed by atoms with Crippen LogP contribution in [0.4, 0.5) is 0 Å². The summed E-state index contributed by atoms with van der Waals surface area (Å²) in [6.45, 7) is 0. The Balaban J connectivity index is 2.08. The van der Waals surface area contributed by atoms with Gasteiger partial charge in [0.25, 0.3) is 0 Å². The molecule has 0 aliphatic heterocycles. The molecular formula is C13H11Br3OS. The molecule has 1 aromatic carbocycles. The predicted octanol–water partition coefficient (Wildman–Crippen LogP) is 5.96. The standard InChI is InChI=1S/C13H11Br3OS/c1-17-9-4-2-8(3-5-9)6-10(14)12-7-11(15)13(16)18-12/h2-5,7,10H,6H2,1H3. The number of benzene rings is 1. The average Bonchev–Trinajstić information content (AvgIpc) is 2.71. The third kappa shape index (κ3) is 3.59. The zero-order valence-corrected chi connectivity index (χ0v) is 15.2. The number of hydrogen-bond acceptors (Lipinski definition) is 2. The zero-order chi connectivity index (χ0) is 13.1. The van der Waals surface area contributed by atoms with Crippen molar-refractivity contribution in [1.29, 1.82) is 0 Å². The number of halogens is 3. The van der Waals surface area contributed by atoms with E-state index in [0.717, 1.165) is 20.4 Å². The van der Waals surface area contributed by atoms with E-state index in [4.69, 9.17) is 4.74 Å². The van der Waals surface area contributed by atoms with Crippen molar-refractivity contribution in [1.82, 2.24) is 0 Å². The Hall–Kier alpha value is 0.160. The van der Waals surface area contributed by atoms with Crippen molar-refractivity contribution in [2.24, 2.45) is 0 Å². The molecule has 0 spiro atoms. The second-order valence-electron chi connectivity index (χ2n) is 3.79. The highest BCUT2D eigenvalue weighted by Gasteiger charge is 2.13. The maximum Gasteiger partial charge on any atom is 0.118 e. The normalized spacial score (nSPS) is 12.4. The number of alkyl halides is 1. The van der Waals surface area contributed by atoms with E-state index in [9.17, 15) is 0 Å². The first kappa shape index (κ1) is 14.6. The highest BCUT2D eigenvalue weighted by Crippen LogP contribution is 2.39. The van der Waals surface area contributed by atoms with Crippen molar-refractivity contribution in [3.63, 3.8) is 0 Å². The molecule has 2 aromatic rings. The van der Waals surface area contributed by atoms with E-state index in [1.54, 1.807) is 18.4 Å². The van der Waals surface area contributed by atoms with Gasteiger partial charge in [0.05, 0.1) is 15.7 Å². The van der Waals surface area contributed by atoms with Crippen LogP contribution in [-0.2, 0) is 6.42 Å². The minimum Gasteiger partial charge on any atom is -0.497 e. The topological polar surface area (TPSA) is 9.23 Å². The third-order valence-corrected chi connectivity index (χ3v) is 7.04. The predicted molar refractivity (Wildman–Crippen MR) is 88.1 cm³/mol. The van der Waals surface area contributed by atoms with Crippen LogP contribution >= 0.6 is 59.1 Å². The van der Waals surface area contributed by atoms with Crippen molar-refractivity contribution < 1.29 is 4.74 Å². The molecule has 1 nitrogen and oxygen atoms in total. The average molecular weight is 455 g/mol. The van der Waals surface area contributed by atoms with Gasteiger partial charge in [0.2, 0.25) is 0 Å². The highest BCUT2D eigenvalue weighted by molar-refractivity contribution is 9.13. The van der Waals surface area contributed by atoms with Crippen molar-refractivity contribution in [2.75, 3.05) is 7.11 Å². The summed E-state index contributed by atoms with van der Waals surface area (Å²) in [5.41, 5.74) is 1.29. The van der Waals surface area contributed by atoms with E-state index in [0.29, 0.717) is 4.83 Å². The van der Waals surface area contributed by atoms with Crippen LogP contribution in [0, 0.1) is 0 Å². The number of hydrogen-bond donors (Lipinski definition) is 0. The van der Waals surface area contributed by atoms with Gasteiger partial charge in [-0.15, -0.1) is 11.3 Å². The van der Waals surface area contributed by atoms with Gasteiger partial charge in [0.15, 0.2) is 0 Å². The van der Waals surface area contributed by atoms with Crippen LogP contribution in [0.3, 0.4) is 0 Å². The lowest BCUT2D eigenvalue weighted by molar-refractivity contribution is 0.414. The van der Waals surface area contributed by atoms with Gasteiger partial charge in [-0.3, -0.25) is 0 Å². The van der Waals surface area contributed by atoms with Gasteiger partial charge >= 0.3 is 0 Å². The zero-order valence-electron chi connectivity index (χ0n) is 9.62. The summed E-state index contributed by atoms with van der Waals surface area (Å²) in [5.74, 6) is 0.895. The Labute approximate surface area is 136 Å². The highest BCUT2D eigenvalue weighted by atomic mass is 79.9. The van der Waals surface area contributed by atoms with Gasteiger partial charge in [-0.05, 0) is 62.0 Å². The van der Waals surface area contributed by atoms with Crippen LogP contribution < -0.4 is 4.74 Å². The minimum atomic E-state index is 0.332. The number of rotatable bonds is 4. The summed E-state index contributed by atoms with van der Waals surface area (Å²) >= 11 is 12.5. The van der Waals surface area contributed by atoms with E-state index in [1.807, 2.05) is 12.1 Å². The molecule has 0 aliphatic rings. The molecule has 0 amide bonds. The fourth-order valence-electron chi connectivity index (χ4n) is 1.59. The molecule has 0 aliphatic carbocycles. The minimum absolute atomic E-state index is 0.332. The number of methoxy groups -OCH3 is 1. The van der Waals surface area contributed by atoms with Crippen LogP contribution in [0.2, 0.25) is 0 Å². The lowest BCUT2D eigenvalue weighted by atomic mass is 10.1. The van der Waals surface area contributed by atoms with Crippen molar-refractivity contribution in [2.45, 2.75) is 11.2 Å². The molecule has 0 fully saturated rings. The maximum atomic E-state index is 5.16. The summed E-state index contributed by atoms with van der Waals surface area (Å²) in [4.78, 5) is 1.64. The van der Waals surface area contributed by atoms with Crippen LogP contribution in [0.1, 0.15) is 15.3 Å². The maximum absolute atomic E-state index is 5.16. The number of ether oxygens (including phenoxy) is 1. The van der Waals surface area contributed by atoms with Crippen molar-refractivity contribution in [3.05, 3.63) is 49.0 Å². The second-order valence-corrected chi connectivity index (χ2v) is 8.15. The Morgan fingerprint density at radius 1 is 1.22 bits per heavy atom. The Bertz CT molecular complexity index is 502. The van der Waals surface area contributed by atoms with Crippen LogP contribution in [0.25, 0.3) is 0 Å². The van der Waals surface area contributed by atoms with Crippen molar-refractivity contribution >= 4 is 59.1 Å². The fourth-order valence-corrected chi connectivity index (χ4v) is 4.44. The SMILES string of the molecule is COc1ccc(CC(Br)c2cc(Br)c(Br)s2)cc1. The van der Waals surface area contributed by atoms with E-state index in [1.165, 1.54) is 10.4 Å². The summed E-state index contributed by atoms with van der Waals surface area (Å²) in [6.07, 6.45) is 0.962. The van der Waals surface area contributed by atoms with Gasteiger partial charge < -0.3 is 4.74 Å². The molecule has 0 bridgehead atoms. The Kier molecular flexibility index (Phi) is 5.30. The lowest BCUT2D eigenvalue weighted by Crippen LogP contribution is -1.93. The van der Waals surface area contributed by atoms with E-state index in [2.05, 4.69) is 66.0 Å². The molecule has 96 valence electrons. The first-order valence-electron chi connectivity index (χ1n) is 5.32. The van der Waals surface area contributed by atoms with Gasteiger partial charge in [-0.25, -0.2) is 0 Å². The van der Waals surface area contributed by atoms with Gasteiger partial charge in [-0.1, -0.05) is 28.1 Å². The van der Waals surface area contributed by atoms with E-state index in [-0.39, 0.29) is 0 Å². The summed E-state index contributed by atoms with van der Waals surface area (Å²) < 4.78 is 7.40. The van der Waals surface area contributed by atoms with Gasteiger partial charge in [0.1, 0.15) is 5.75 Å². The lowest BCUT2D eigenvalue weighted by Gasteiger charge is -2.08. The molecule has 0 radical (unpaired) electrons. The summed E-state index contributed by atoms with van der Waals surface area (Å²) in [5, 5.41) is 0. The Morgan fingerprint density at radius 3 is 2.39 bits per heavy atom. The van der Waals surface area contributed by atoms with Gasteiger partial charge in [0, 0.05) is 9.35 Å². The summed E-state index contributed by atoms with van der Waals surface area (Å²) in [7, 11) is 1.68. The fraction of sp³-hybridized carbons (Fsp3) is 0.231. The van der Waals surface area contributed by atoms with Crippen molar-refractivity contribution in [3.8, 4) is 5.75 Å². The summed E-state index contributed by atoms with van der Waals surface area (Å²) in [6, 6.07) is 10.3. The molecule has 1 unspecified atom stereocenters. The molecule has 0 saturated heterocycles. The molecule has 0 saturated carbocycles. The molecule has 5 heteroatoms. The van der Waals surface area contributed by atoms with Crippen LogP contribution in [0.15, 0.2) is 38.6 Å². The van der Waals surface area contributed by atoms with E-state index < -0.39 is 0 Å². The van der Waals surface area contributed by atoms with Crippen LogP contribution in [-0.4, -0.2) is 7.11 Å². The smallest absolute Gasteiger partial charge is 0.118 e. The molecule has 18 heavy (non-hydrogen) atoms. The monoisotopic (exact) mass is 452 g/mol. The third-order valence-electron chi connectivity index (χ3n) is 2.55. The van der Waals surface area contributed by atoms with E-state index >= 15 is 0 Å². The molecule has 1 aromatic heterocycles. The van der Waals surface area contributed by atoms with Crippen LogP contribution in [0.5, 0.6) is 5.75 Å². The molecule has 1 heterocycles. The second kappa shape index (κ2) is 6.55. The molecular weight excluding hydrogens is 444 g/mol.